The summed E-state index contributed by atoms with van der Waals surface area (Å²) in [4.78, 5) is 17.9. The highest BCUT2D eigenvalue weighted by Crippen LogP contribution is 1.91. The highest BCUT2D eigenvalue weighted by molar-refractivity contribution is 5.66. The second-order valence-corrected chi connectivity index (χ2v) is 1.58. The molecule has 5 nitrogen and oxygen atoms in total. The van der Waals surface area contributed by atoms with Crippen molar-refractivity contribution >= 4 is 5.97 Å². The monoisotopic (exact) mass is 149 g/mol. The Bertz CT molecular complexity index is 93.6. The van der Waals surface area contributed by atoms with Gasteiger partial charge >= 0.3 is 5.97 Å². The number of rotatable bonds is 3. The molecule has 0 bridgehead atoms. The lowest BCUT2D eigenvalue weighted by Gasteiger charge is -1.85. The summed E-state index contributed by atoms with van der Waals surface area (Å²) in [7, 11) is 0. The van der Waals surface area contributed by atoms with Crippen LogP contribution in [-0.4, -0.2) is 16.3 Å². The van der Waals surface area contributed by atoms with Crippen molar-refractivity contribution in [2.45, 2.75) is 26.2 Å². The molecule has 0 saturated heterocycles. The van der Waals surface area contributed by atoms with Gasteiger partial charge in [-0.3, -0.25) is 4.79 Å². The van der Waals surface area contributed by atoms with Gasteiger partial charge < -0.3 is 10.3 Å². The molecule has 0 aromatic heterocycles. The van der Waals surface area contributed by atoms with E-state index in [2.05, 4.69) is 0 Å². The fourth-order valence-corrected chi connectivity index (χ4v) is 0.328. The molecule has 0 atom stereocenters. The number of carboxylic acid groups (broad SMARTS) is 1. The third-order valence-electron chi connectivity index (χ3n) is 0.744. The molecular weight excluding hydrogens is 138 g/mol. The Kier molecular flexibility index (Phi) is 12.5. The average Bonchev–Trinajstić information content (AvgIpc) is 1.85. The van der Waals surface area contributed by atoms with E-state index in [1.807, 2.05) is 6.92 Å². The highest BCUT2D eigenvalue weighted by Gasteiger charge is 1.90. The van der Waals surface area contributed by atoms with Gasteiger partial charge in [-0.05, 0) is 6.42 Å². The first kappa shape index (κ1) is 11.6. The number of nitrogens with zero attached hydrogens (tertiary/aromatic N) is 1. The van der Waals surface area contributed by atoms with Crippen LogP contribution in [0.1, 0.15) is 26.2 Å². The molecule has 0 aromatic rings. The Balaban J connectivity index is 0. The first-order valence-electron chi connectivity index (χ1n) is 2.87. The quantitative estimate of drug-likeness (QED) is 0.469. The predicted octanol–water partition coefficient (Wildman–Crippen LogP) is 1.40. The van der Waals surface area contributed by atoms with Gasteiger partial charge in [0.05, 0.1) is 0 Å². The Labute approximate surface area is 58.6 Å². The number of hydrogen-bond acceptors (Lipinski definition) is 3. The predicted molar refractivity (Wildman–Crippen MR) is 34.7 cm³/mol. The number of unbranched alkanes of at least 4 members (excludes halogenated alkanes) is 1. The van der Waals surface area contributed by atoms with Gasteiger partial charge in [0, 0.05) is 6.42 Å². The lowest BCUT2D eigenvalue weighted by Crippen LogP contribution is -1.91. The fraction of sp³-hybridized carbons (Fsp3) is 0.800. The molecule has 0 spiro atoms. The summed E-state index contributed by atoms with van der Waals surface area (Å²) in [6, 6.07) is 0. The molecule has 0 aliphatic heterocycles. The summed E-state index contributed by atoms with van der Waals surface area (Å²) in [5.41, 5.74) is 0. The summed E-state index contributed by atoms with van der Waals surface area (Å²) in [5.74, 6) is -0.693. The van der Waals surface area contributed by atoms with E-state index in [1.165, 1.54) is 5.34 Å². The van der Waals surface area contributed by atoms with E-state index in [-0.39, 0.29) is 0 Å². The van der Waals surface area contributed by atoms with Crippen LogP contribution >= 0.6 is 0 Å². The molecule has 0 amide bonds. The van der Waals surface area contributed by atoms with Crippen LogP contribution in [0.5, 0.6) is 0 Å². The average molecular weight is 149 g/mol. The molecule has 0 heterocycles. The normalized spacial score (nSPS) is 7.30. The van der Waals surface area contributed by atoms with Gasteiger partial charge in [0.1, 0.15) is 0 Å². The summed E-state index contributed by atoms with van der Waals surface area (Å²) < 4.78 is 0. The van der Waals surface area contributed by atoms with Crippen LogP contribution in [0.25, 0.3) is 0 Å². The highest BCUT2D eigenvalue weighted by atomic mass is 16.6. The molecule has 0 aliphatic rings. The zero-order valence-electron chi connectivity index (χ0n) is 5.78. The minimum absolute atomic E-state index is 0.316. The molecule has 0 aromatic carbocycles. The zero-order chi connectivity index (χ0) is 8.41. The van der Waals surface area contributed by atoms with Gasteiger partial charge in [-0.15, -0.1) is 4.91 Å². The maximum absolute atomic E-state index is 9.76. The Morgan fingerprint density at radius 2 is 2.00 bits per heavy atom. The molecule has 5 heteroatoms. The summed E-state index contributed by atoms with van der Waals surface area (Å²) in [6.45, 7) is 1.98. The fourth-order valence-electron chi connectivity index (χ4n) is 0.328. The number of carboxylic acids is 1. The van der Waals surface area contributed by atoms with Crippen molar-refractivity contribution in [2.75, 3.05) is 0 Å². The minimum atomic E-state index is -0.693. The van der Waals surface area contributed by atoms with Gasteiger partial charge in [0.15, 0.2) is 5.34 Å². The number of aliphatic carboxylic acids is 1. The molecule has 10 heavy (non-hydrogen) atoms. The van der Waals surface area contributed by atoms with Crippen LogP contribution in [0.2, 0.25) is 0 Å². The Hall–Kier alpha value is -1.13. The molecule has 2 N–H and O–H groups in total. The molecule has 0 saturated carbocycles. The second-order valence-electron chi connectivity index (χ2n) is 1.58. The van der Waals surface area contributed by atoms with E-state index in [1.54, 1.807) is 0 Å². The second kappa shape index (κ2) is 10.8. The SMILES string of the molecule is CCCCC(=O)O.O=NO. The maximum atomic E-state index is 9.76. The Morgan fingerprint density at radius 1 is 1.60 bits per heavy atom. The van der Waals surface area contributed by atoms with Crippen molar-refractivity contribution in [3.63, 3.8) is 0 Å². The molecular formula is C5H11NO4. The summed E-state index contributed by atoms with van der Waals surface area (Å²) >= 11 is 0. The maximum Gasteiger partial charge on any atom is 0.303 e. The van der Waals surface area contributed by atoms with Gasteiger partial charge in [0.2, 0.25) is 0 Å². The summed E-state index contributed by atoms with van der Waals surface area (Å²) in [6.07, 6.45) is 2.08. The van der Waals surface area contributed by atoms with Crippen molar-refractivity contribution in [1.82, 2.24) is 0 Å². The van der Waals surface area contributed by atoms with E-state index in [9.17, 15) is 4.79 Å². The lowest BCUT2D eigenvalue weighted by molar-refractivity contribution is -0.137. The molecule has 0 rings (SSSR count). The standard InChI is InChI=1S/C5H10O2.HNO2/c1-2-3-4-5(6)7;2-1-3/h2-4H2,1H3,(H,6,7);(H,2,3). The van der Waals surface area contributed by atoms with Gasteiger partial charge in [0.25, 0.3) is 0 Å². The van der Waals surface area contributed by atoms with Crippen molar-refractivity contribution in [1.29, 1.82) is 0 Å². The zero-order valence-corrected chi connectivity index (χ0v) is 5.78. The molecule has 0 unspecified atom stereocenters. The first-order valence-corrected chi connectivity index (χ1v) is 2.87. The van der Waals surface area contributed by atoms with Crippen molar-refractivity contribution in [3.8, 4) is 0 Å². The smallest absolute Gasteiger partial charge is 0.303 e. The largest absolute Gasteiger partial charge is 0.481 e. The third-order valence-corrected chi connectivity index (χ3v) is 0.744. The van der Waals surface area contributed by atoms with Gasteiger partial charge in [-0.25, -0.2) is 0 Å². The molecule has 0 fully saturated rings. The molecule has 0 aliphatic carbocycles. The van der Waals surface area contributed by atoms with E-state index in [0.29, 0.717) is 6.42 Å². The van der Waals surface area contributed by atoms with Gasteiger partial charge in [-0.2, -0.15) is 0 Å². The van der Waals surface area contributed by atoms with Crippen molar-refractivity contribution < 1.29 is 15.1 Å². The van der Waals surface area contributed by atoms with Crippen LogP contribution in [0.15, 0.2) is 5.34 Å². The first-order chi connectivity index (χ1) is 4.68. The van der Waals surface area contributed by atoms with E-state index < -0.39 is 5.97 Å². The van der Waals surface area contributed by atoms with Crippen LogP contribution in [0, 0.1) is 4.91 Å². The lowest BCUT2D eigenvalue weighted by atomic mass is 10.3. The van der Waals surface area contributed by atoms with Gasteiger partial charge in [-0.1, -0.05) is 13.3 Å². The number of carbonyl (C=O) groups is 1. The van der Waals surface area contributed by atoms with Crippen LogP contribution in [0.3, 0.4) is 0 Å². The van der Waals surface area contributed by atoms with E-state index in [0.717, 1.165) is 12.8 Å². The van der Waals surface area contributed by atoms with Crippen molar-refractivity contribution in [3.05, 3.63) is 4.91 Å². The van der Waals surface area contributed by atoms with Crippen LogP contribution in [-0.2, 0) is 4.79 Å². The van der Waals surface area contributed by atoms with Crippen molar-refractivity contribution in [2.24, 2.45) is 5.34 Å². The topological polar surface area (TPSA) is 87.0 Å². The molecule has 60 valence electrons. The minimum Gasteiger partial charge on any atom is -0.481 e. The van der Waals surface area contributed by atoms with E-state index >= 15 is 0 Å². The van der Waals surface area contributed by atoms with Crippen LogP contribution in [0.4, 0.5) is 0 Å². The van der Waals surface area contributed by atoms with Crippen LogP contribution < -0.4 is 0 Å². The molecule has 0 radical (unpaired) electrons. The Morgan fingerprint density at radius 3 is 2.10 bits per heavy atom. The summed E-state index contributed by atoms with van der Waals surface area (Å²) in [5, 5.41) is 15.9. The number of hydrogen-bond donors (Lipinski definition) is 2. The van der Waals surface area contributed by atoms with E-state index in [4.69, 9.17) is 15.2 Å². The third kappa shape index (κ3) is 28.7.